The summed E-state index contributed by atoms with van der Waals surface area (Å²) >= 11 is 0. The van der Waals surface area contributed by atoms with Gasteiger partial charge >= 0.3 is 6.01 Å². The maximum absolute atomic E-state index is 12.7. The second-order valence-electron chi connectivity index (χ2n) is 5.55. The molecule has 1 aromatic heterocycles. The number of benzene rings is 1. The Morgan fingerprint density at radius 3 is 2.62 bits per heavy atom. The second-order valence-corrected chi connectivity index (χ2v) is 5.55. The number of aryl methyl sites for hydroxylation is 1. The van der Waals surface area contributed by atoms with Gasteiger partial charge in [-0.15, -0.1) is 0 Å². The first-order valence-electron chi connectivity index (χ1n) is 7.35. The molecule has 0 radical (unpaired) electrons. The van der Waals surface area contributed by atoms with Crippen molar-refractivity contribution in [3.8, 4) is 0 Å². The van der Waals surface area contributed by atoms with Crippen molar-refractivity contribution in [2.45, 2.75) is 45.4 Å². The maximum Gasteiger partial charge on any atom is 0.301 e. The molecule has 1 N–H and O–H groups in total. The first-order chi connectivity index (χ1) is 10.1. The minimum atomic E-state index is -0.584. The number of amides is 1. The SMILES string of the molecule is CCCCC(C)(C(=O)Nc1nc(C)co1)c1ccccc1. The average Bonchev–Trinajstić information content (AvgIpc) is 2.90. The molecule has 21 heavy (non-hydrogen) atoms. The van der Waals surface area contributed by atoms with Crippen LogP contribution < -0.4 is 5.32 Å². The summed E-state index contributed by atoms with van der Waals surface area (Å²) in [5, 5.41) is 2.79. The van der Waals surface area contributed by atoms with Crippen LogP contribution in [0.1, 0.15) is 44.4 Å². The molecule has 1 aromatic carbocycles. The van der Waals surface area contributed by atoms with Crippen LogP contribution >= 0.6 is 0 Å². The maximum atomic E-state index is 12.7. The zero-order valence-electron chi connectivity index (χ0n) is 12.8. The Hall–Kier alpha value is -2.10. The average molecular weight is 286 g/mol. The smallest absolute Gasteiger partial charge is 0.301 e. The molecule has 2 aromatic rings. The van der Waals surface area contributed by atoms with Crippen molar-refractivity contribution in [2.24, 2.45) is 0 Å². The van der Waals surface area contributed by atoms with Crippen molar-refractivity contribution in [1.29, 1.82) is 0 Å². The van der Waals surface area contributed by atoms with Crippen LogP contribution in [0.3, 0.4) is 0 Å². The molecule has 0 saturated heterocycles. The number of hydrogen-bond acceptors (Lipinski definition) is 3. The molecule has 0 aliphatic carbocycles. The van der Waals surface area contributed by atoms with Crippen LogP contribution in [0.4, 0.5) is 6.01 Å². The number of unbranched alkanes of at least 4 members (excludes halogenated alkanes) is 1. The van der Waals surface area contributed by atoms with Crippen molar-refractivity contribution in [3.05, 3.63) is 47.9 Å². The van der Waals surface area contributed by atoms with Crippen LogP contribution in [0.2, 0.25) is 0 Å². The van der Waals surface area contributed by atoms with Crippen molar-refractivity contribution in [1.82, 2.24) is 4.98 Å². The van der Waals surface area contributed by atoms with E-state index in [1.165, 1.54) is 6.26 Å². The Kier molecular flexibility index (Phi) is 4.78. The molecule has 1 unspecified atom stereocenters. The quantitative estimate of drug-likeness (QED) is 0.871. The summed E-state index contributed by atoms with van der Waals surface area (Å²) < 4.78 is 5.23. The minimum Gasteiger partial charge on any atom is -0.432 e. The molecule has 0 bridgehead atoms. The zero-order valence-corrected chi connectivity index (χ0v) is 12.8. The number of carbonyl (C=O) groups is 1. The van der Waals surface area contributed by atoms with Gasteiger partial charge in [-0.05, 0) is 25.8 Å². The number of oxazole rings is 1. The second kappa shape index (κ2) is 6.57. The van der Waals surface area contributed by atoms with Gasteiger partial charge < -0.3 is 4.42 Å². The third-order valence-electron chi connectivity index (χ3n) is 3.78. The zero-order chi connectivity index (χ0) is 15.3. The van der Waals surface area contributed by atoms with Crippen molar-refractivity contribution < 1.29 is 9.21 Å². The van der Waals surface area contributed by atoms with Crippen LogP contribution in [-0.2, 0) is 10.2 Å². The van der Waals surface area contributed by atoms with E-state index in [0.29, 0.717) is 0 Å². The molecule has 2 rings (SSSR count). The van der Waals surface area contributed by atoms with Crippen LogP contribution in [0.25, 0.3) is 0 Å². The van der Waals surface area contributed by atoms with E-state index in [1.54, 1.807) is 0 Å². The molecule has 1 atom stereocenters. The lowest BCUT2D eigenvalue weighted by atomic mass is 9.77. The Balaban J connectivity index is 2.24. The third kappa shape index (κ3) is 3.51. The van der Waals surface area contributed by atoms with E-state index >= 15 is 0 Å². The van der Waals surface area contributed by atoms with E-state index in [0.717, 1.165) is 30.5 Å². The van der Waals surface area contributed by atoms with Crippen molar-refractivity contribution in [3.63, 3.8) is 0 Å². The fourth-order valence-electron chi connectivity index (χ4n) is 2.37. The molecular weight excluding hydrogens is 264 g/mol. The summed E-state index contributed by atoms with van der Waals surface area (Å²) in [7, 11) is 0. The lowest BCUT2D eigenvalue weighted by Gasteiger charge is -2.28. The molecule has 112 valence electrons. The molecule has 0 aliphatic heterocycles. The predicted molar refractivity (Wildman–Crippen MR) is 83.2 cm³/mol. The van der Waals surface area contributed by atoms with Crippen LogP contribution in [0.5, 0.6) is 0 Å². The van der Waals surface area contributed by atoms with Gasteiger partial charge in [0.15, 0.2) is 0 Å². The molecule has 0 spiro atoms. The lowest BCUT2D eigenvalue weighted by Crippen LogP contribution is -2.37. The van der Waals surface area contributed by atoms with Crippen LogP contribution in [0.15, 0.2) is 41.0 Å². The Labute approximate surface area is 125 Å². The first kappa shape index (κ1) is 15.3. The van der Waals surface area contributed by atoms with Gasteiger partial charge in [0.25, 0.3) is 0 Å². The number of anilines is 1. The Bertz CT molecular complexity index is 592. The van der Waals surface area contributed by atoms with E-state index in [2.05, 4.69) is 17.2 Å². The number of hydrogen-bond donors (Lipinski definition) is 1. The molecule has 0 aliphatic rings. The highest BCUT2D eigenvalue weighted by Gasteiger charge is 2.35. The Morgan fingerprint density at radius 1 is 1.33 bits per heavy atom. The monoisotopic (exact) mass is 286 g/mol. The molecule has 1 heterocycles. The molecule has 0 saturated carbocycles. The van der Waals surface area contributed by atoms with E-state index in [9.17, 15) is 4.79 Å². The first-order valence-corrected chi connectivity index (χ1v) is 7.35. The number of nitrogens with zero attached hydrogens (tertiary/aromatic N) is 1. The van der Waals surface area contributed by atoms with Gasteiger partial charge in [-0.1, -0.05) is 50.1 Å². The van der Waals surface area contributed by atoms with E-state index < -0.39 is 5.41 Å². The topological polar surface area (TPSA) is 55.1 Å². The normalized spacial score (nSPS) is 13.7. The summed E-state index contributed by atoms with van der Waals surface area (Å²) in [6.45, 7) is 5.93. The summed E-state index contributed by atoms with van der Waals surface area (Å²) in [6, 6.07) is 10.1. The van der Waals surface area contributed by atoms with Gasteiger partial charge in [-0.2, -0.15) is 4.98 Å². The van der Waals surface area contributed by atoms with Gasteiger partial charge in [0.1, 0.15) is 6.26 Å². The summed E-state index contributed by atoms with van der Waals surface area (Å²) in [4.78, 5) is 16.9. The molecular formula is C17H22N2O2. The molecule has 1 amide bonds. The van der Waals surface area contributed by atoms with Gasteiger partial charge in [0.05, 0.1) is 11.1 Å². The number of carbonyl (C=O) groups excluding carboxylic acids is 1. The van der Waals surface area contributed by atoms with Crippen molar-refractivity contribution in [2.75, 3.05) is 5.32 Å². The summed E-state index contributed by atoms with van der Waals surface area (Å²) in [6.07, 6.45) is 4.36. The fraction of sp³-hybridized carbons (Fsp3) is 0.412. The van der Waals surface area contributed by atoms with Gasteiger partial charge in [0, 0.05) is 0 Å². The summed E-state index contributed by atoms with van der Waals surface area (Å²) in [5.74, 6) is -0.0796. The standard InChI is InChI=1S/C17H22N2O2/c1-4-5-11-17(3,14-9-7-6-8-10-14)15(20)19-16-18-13(2)12-21-16/h6-10,12H,4-5,11H2,1-3H3,(H,18,19,20). The van der Waals surface area contributed by atoms with Crippen LogP contribution in [0, 0.1) is 6.92 Å². The van der Waals surface area contributed by atoms with E-state index in [-0.39, 0.29) is 11.9 Å². The van der Waals surface area contributed by atoms with Crippen molar-refractivity contribution >= 4 is 11.9 Å². The fourth-order valence-corrected chi connectivity index (χ4v) is 2.37. The van der Waals surface area contributed by atoms with Crippen LogP contribution in [-0.4, -0.2) is 10.9 Å². The van der Waals surface area contributed by atoms with Gasteiger partial charge in [-0.3, -0.25) is 10.1 Å². The highest BCUT2D eigenvalue weighted by molar-refractivity contribution is 5.97. The Morgan fingerprint density at radius 2 is 2.05 bits per heavy atom. The van der Waals surface area contributed by atoms with E-state index in [1.807, 2.05) is 44.2 Å². The number of nitrogens with one attached hydrogen (secondary N) is 1. The predicted octanol–water partition coefficient (Wildman–Crippen LogP) is 4.07. The minimum absolute atomic E-state index is 0.0796. The largest absolute Gasteiger partial charge is 0.432 e. The molecule has 0 fully saturated rings. The molecule has 4 heteroatoms. The number of aromatic nitrogens is 1. The molecule has 4 nitrogen and oxygen atoms in total. The lowest BCUT2D eigenvalue weighted by molar-refractivity contribution is -0.121. The highest BCUT2D eigenvalue weighted by atomic mass is 16.4. The number of rotatable bonds is 6. The van der Waals surface area contributed by atoms with E-state index in [4.69, 9.17) is 4.42 Å². The summed E-state index contributed by atoms with van der Waals surface area (Å²) in [5.41, 5.74) is 1.18. The van der Waals surface area contributed by atoms with Gasteiger partial charge in [0.2, 0.25) is 5.91 Å². The van der Waals surface area contributed by atoms with Gasteiger partial charge in [-0.25, -0.2) is 0 Å². The third-order valence-corrected chi connectivity index (χ3v) is 3.78. The highest BCUT2D eigenvalue weighted by Crippen LogP contribution is 2.31.